The van der Waals surface area contributed by atoms with Crippen LogP contribution in [0.3, 0.4) is 0 Å². The number of nitrogens with zero attached hydrogens (tertiary/aromatic N) is 2. The zero-order valence-electron chi connectivity index (χ0n) is 15.9. The minimum atomic E-state index is -0.467. The summed E-state index contributed by atoms with van der Waals surface area (Å²) in [6.45, 7) is 8.26. The largest absolute Gasteiger partial charge is 0.355 e. The Balaban J connectivity index is 2.15. The molecule has 0 fully saturated rings. The quantitative estimate of drug-likeness (QED) is 0.748. The molecular formula is C21H23N3O2S. The predicted octanol–water partition coefficient (Wildman–Crippen LogP) is 3.76. The first kappa shape index (κ1) is 19.0. The summed E-state index contributed by atoms with van der Waals surface area (Å²) in [4.78, 5) is 30.0. The van der Waals surface area contributed by atoms with Crippen LogP contribution in [0.2, 0.25) is 0 Å². The molecule has 5 nitrogen and oxygen atoms in total. The summed E-state index contributed by atoms with van der Waals surface area (Å²) in [6.07, 6.45) is 0. The van der Waals surface area contributed by atoms with Crippen LogP contribution in [0.4, 0.5) is 0 Å². The van der Waals surface area contributed by atoms with Gasteiger partial charge >= 0.3 is 0 Å². The highest BCUT2D eigenvalue weighted by molar-refractivity contribution is 7.16. The fourth-order valence-corrected chi connectivity index (χ4v) is 4.09. The minimum absolute atomic E-state index is 0.0954. The van der Waals surface area contributed by atoms with Crippen molar-refractivity contribution in [3.63, 3.8) is 0 Å². The number of carbonyl (C=O) groups excluding carboxylic acids is 2. The molecule has 1 N–H and O–H groups in total. The third kappa shape index (κ3) is 4.01. The maximum absolute atomic E-state index is 12.7. The summed E-state index contributed by atoms with van der Waals surface area (Å²) in [6, 6.07) is 12.9. The maximum atomic E-state index is 12.7. The SMILES string of the molecule is CCNC(=O)[C@@H](C)n1c(=NC(=O)c2ccc(C)cc2)sc2cc(C)ccc21. The van der Waals surface area contributed by atoms with Crippen LogP contribution in [0.1, 0.15) is 41.4 Å². The standard InChI is InChI=1S/C21H23N3O2S/c1-5-22-19(25)15(4)24-17-11-8-14(3)12-18(17)27-21(24)23-20(26)16-9-6-13(2)7-10-16/h6-12,15H,5H2,1-4H3,(H,22,25)/t15-/m1/s1. The average molecular weight is 382 g/mol. The number of carbonyl (C=O) groups is 2. The zero-order valence-corrected chi connectivity index (χ0v) is 16.8. The van der Waals surface area contributed by atoms with E-state index in [-0.39, 0.29) is 11.8 Å². The zero-order chi connectivity index (χ0) is 19.6. The van der Waals surface area contributed by atoms with Crippen molar-refractivity contribution in [2.75, 3.05) is 6.54 Å². The summed E-state index contributed by atoms with van der Waals surface area (Å²) in [5.74, 6) is -0.405. The molecule has 2 amide bonds. The van der Waals surface area contributed by atoms with Crippen LogP contribution >= 0.6 is 11.3 Å². The first-order valence-electron chi connectivity index (χ1n) is 8.96. The molecule has 0 unspecified atom stereocenters. The highest BCUT2D eigenvalue weighted by atomic mass is 32.1. The molecule has 0 bridgehead atoms. The Hall–Kier alpha value is -2.73. The summed E-state index contributed by atoms with van der Waals surface area (Å²) >= 11 is 1.42. The van der Waals surface area contributed by atoms with Crippen molar-refractivity contribution in [3.05, 3.63) is 64.0 Å². The lowest BCUT2D eigenvalue weighted by molar-refractivity contribution is -0.123. The van der Waals surface area contributed by atoms with Crippen LogP contribution in [0.5, 0.6) is 0 Å². The van der Waals surface area contributed by atoms with E-state index in [2.05, 4.69) is 16.4 Å². The number of benzene rings is 2. The van der Waals surface area contributed by atoms with Crippen LogP contribution in [0.25, 0.3) is 10.2 Å². The van der Waals surface area contributed by atoms with Crippen molar-refractivity contribution in [1.82, 2.24) is 9.88 Å². The van der Waals surface area contributed by atoms with E-state index in [1.54, 1.807) is 12.1 Å². The van der Waals surface area contributed by atoms with Gasteiger partial charge in [0.05, 0.1) is 10.2 Å². The van der Waals surface area contributed by atoms with Gasteiger partial charge in [-0.3, -0.25) is 9.59 Å². The van der Waals surface area contributed by atoms with Crippen LogP contribution in [-0.2, 0) is 4.79 Å². The van der Waals surface area contributed by atoms with Crippen molar-refractivity contribution in [2.45, 2.75) is 33.7 Å². The number of hydrogen-bond acceptors (Lipinski definition) is 3. The number of hydrogen-bond donors (Lipinski definition) is 1. The number of thiazole rings is 1. The normalized spacial score (nSPS) is 13.0. The van der Waals surface area contributed by atoms with E-state index in [0.717, 1.165) is 21.3 Å². The molecule has 0 saturated heterocycles. The molecular weight excluding hydrogens is 358 g/mol. The Morgan fingerprint density at radius 1 is 1.11 bits per heavy atom. The highest BCUT2D eigenvalue weighted by Crippen LogP contribution is 2.22. The van der Waals surface area contributed by atoms with Crippen LogP contribution in [0, 0.1) is 13.8 Å². The molecule has 2 aromatic carbocycles. The van der Waals surface area contributed by atoms with Gasteiger partial charge in [0.1, 0.15) is 6.04 Å². The van der Waals surface area contributed by atoms with Crippen molar-refractivity contribution in [3.8, 4) is 0 Å². The van der Waals surface area contributed by atoms with Gasteiger partial charge in [0.2, 0.25) is 5.91 Å². The fraction of sp³-hybridized carbons (Fsp3) is 0.286. The van der Waals surface area contributed by atoms with E-state index in [4.69, 9.17) is 0 Å². The maximum Gasteiger partial charge on any atom is 0.279 e. The van der Waals surface area contributed by atoms with Gasteiger partial charge in [-0.05, 0) is 57.5 Å². The van der Waals surface area contributed by atoms with E-state index in [9.17, 15) is 9.59 Å². The first-order chi connectivity index (χ1) is 12.9. The molecule has 3 aromatic rings. The fourth-order valence-electron chi connectivity index (χ4n) is 2.89. The third-order valence-corrected chi connectivity index (χ3v) is 5.41. The molecule has 0 aliphatic carbocycles. The molecule has 1 heterocycles. The van der Waals surface area contributed by atoms with E-state index in [1.807, 2.05) is 56.5 Å². The number of amides is 2. The summed E-state index contributed by atoms with van der Waals surface area (Å²) in [5.41, 5.74) is 3.65. The number of fused-ring (bicyclic) bond motifs is 1. The molecule has 140 valence electrons. The molecule has 0 aliphatic heterocycles. The molecule has 0 saturated carbocycles. The number of rotatable bonds is 4. The van der Waals surface area contributed by atoms with Crippen molar-refractivity contribution in [1.29, 1.82) is 0 Å². The topological polar surface area (TPSA) is 63.5 Å². The van der Waals surface area contributed by atoms with Crippen LogP contribution < -0.4 is 10.1 Å². The Morgan fingerprint density at radius 3 is 2.44 bits per heavy atom. The second-order valence-corrected chi connectivity index (χ2v) is 7.59. The Labute approximate surface area is 162 Å². The van der Waals surface area contributed by atoms with E-state index < -0.39 is 6.04 Å². The van der Waals surface area contributed by atoms with Gasteiger partial charge in [-0.15, -0.1) is 0 Å². The average Bonchev–Trinajstić information content (AvgIpc) is 2.98. The van der Waals surface area contributed by atoms with Crippen LogP contribution in [-0.4, -0.2) is 22.9 Å². The Kier molecular flexibility index (Phi) is 5.56. The van der Waals surface area contributed by atoms with E-state index in [0.29, 0.717) is 16.9 Å². The third-order valence-electron chi connectivity index (χ3n) is 4.40. The molecule has 27 heavy (non-hydrogen) atoms. The lowest BCUT2D eigenvalue weighted by Gasteiger charge is -2.14. The van der Waals surface area contributed by atoms with Crippen LogP contribution in [0.15, 0.2) is 47.5 Å². The van der Waals surface area contributed by atoms with Gasteiger partial charge < -0.3 is 9.88 Å². The second-order valence-electron chi connectivity index (χ2n) is 6.58. The molecule has 1 aromatic heterocycles. The summed E-state index contributed by atoms with van der Waals surface area (Å²) < 4.78 is 2.85. The molecule has 1 atom stereocenters. The lowest BCUT2D eigenvalue weighted by atomic mass is 10.1. The van der Waals surface area contributed by atoms with E-state index >= 15 is 0 Å². The number of nitrogens with one attached hydrogen (secondary N) is 1. The van der Waals surface area contributed by atoms with Gasteiger partial charge in [0.15, 0.2) is 4.80 Å². The summed E-state index contributed by atoms with van der Waals surface area (Å²) in [5, 5.41) is 2.85. The second kappa shape index (κ2) is 7.88. The Bertz CT molecular complexity index is 1060. The van der Waals surface area contributed by atoms with E-state index in [1.165, 1.54) is 11.3 Å². The van der Waals surface area contributed by atoms with Crippen molar-refractivity contribution in [2.24, 2.45) is 4.99 Å². The summed E-state index contributed by atoms with van der Waals surface area (Å²) in [7, 11) is 0. The van der Waals surface area contributed by atoms with Crippen molar-refractivity contribution < 1.29 is 9.59 Å². The van der Waals surface area contributed by atoms with Gasteiger partial charge in [-0.1, -0.05) is 35.1 Å². The van der Waals surface area contributed by atoms with Gasteiger partial charge in [0.25, 0.3) is 5.91 Å². The number of aromatic nitrogens is 1. The first-order valence-corrected chi connectivity index (χ1v) is 9.77. The molecule has 0 radical (unpaired) electrons. The predicted molar refractivity (Wildman–Crippen MR) is 109 cm³/mol. The Morgan fingerprint density at radius 2 is 1.78 bits per heavy atom. The molecule has 6 heteroatoms. The lowest BCUT2D eigenvalue weighted by Crippen LogP contribution is -2.34. The van der Waals surface area contributed by atoms with Crippen molar-refractivity contribution >= 4 is 33.4 Å². The molecule has 0 spiro atoms. The van der Waals surface area contributed by atoms with Gasteiger partial charge in [-0.2, -0.15) is 4.99 Å². The number of likely N-dealkylation sites (N-methyl/N-ethyl adjacent to an activating group) is 1. The minimum Gasteiger partial charge on any atom is -0.355 e. The van der Waals surface area contributed by atoms with Gasteiger partial charge in [-0.25, -0.2) is 0 Å². The molecule has 3 rings (SSSR count). The smallest absolute Gasteiger partial charge is 0.279 e. The highest BCUT2D eigenvalue weighted by Gasteiger charge is 2.19. The molecule has 0 aliphatic rings. The van der Waals surface area contributed by atoms with Gasteiger partial charge in [0, 0.05) is 12.1 Å². The number of aryl methyl sites for hydroxylation is 2. The monoisotopic (exact) mass is 381 g/mol.